The minimum Gasteiger partial charge on any atom is -0.466 e. The van der Waals surface area contributed by atoms with Crippen LogP contribution in [0, 0.1) is 11.8 Å². The van der Waals surface area contributed by atoms with E-state index in [2.05, 4.69) is 0 Å². The number of amides is 1. The molecule has 0 saturated carbocycles. The van der Waals surface area contributed by atoms with E-state index < -0.39 is 11.6 Å². The molecule has 0 radical (unpaired) electrons. The third-order valence-electron chi connectivity index (χ3n) is 4.13. The Kier molecular flexibility index (Phi) is 7.70. The van der Waals surface area contributed by atoms with Gasteiger partial charge in [-0.3, -0.25) is 9.59 Å². The first-order chi connectivity index (χ1) is 11.1. The Morgan fingerprint density at radius 1 is 1.17 bits per heavy atom. The van der Waals surface area contributed by atoms with Crippen molar-refractivity contribution in [1.29, 1.82) is 0 Å². The van der Waals surface area contributed by atoms with Crippen LogP contribution in [-0.2, 0) is 19.1 Å². The number of likely N-dealkylation sites (tertiary alicyclic amines) is 1. The molecule has 6 nitrogen and oxygen atoms in total. The van der Waals surface area contributed by atoms with Gasteiger partial charge in [0, 0.05) is 19.0 Å². The standard InChI is InChI=1S/C18H31NO5/c1-6-23-16(21)12-15(20)13(2)11-14-7-9-19(10-8-14)17(22)24-18(3,4)5/h13-14H,6-12H2,1-5H3. The highest BCUT2D eigenvalue weighted by Gasteiger charge is 2.29. The molecule has 1 atom stereocenters. The van der Waals surface area contributed by atoms with E-state index in [0.717, 1.165) is 19.3 Å². The molecule has 1 unspecified atom stereocenters. The lowest BCUT2D eigenvalue weighted by molar-refractivity contribution is -0.146. The first-order valence-corrected chi connectivity index (χ1v) is 8.78. The molecule has 138 valence electrons. The van der Waals surface area contributed by atoms with E-state index >= 15 is 0 Å². The van der Waals surface area contributed by atoms with Gasteiger partial charge in [-0.2, -0.15) is 0 Å². The lowest BCUT2D eigenvalue weighted by Gasteiger charge is -2.34. The second kappa shape index (κ2) is 9.04. The van der Waals surface area contributed by atoms with Gasteiger partial charge in [-0.15, -0.1) is 0 Å². The normalized spacial score (nSPS) is 17.3. The average Bonchev–Trinajstić information content (AvgIpc) is 2.46. The maximum absolute atomic E-state index is 12.0. The Morgan fingerprint density at radius 2 is 1.75 bits per heavy atom. The Morgan fingerprint density at radius 3 is 2.25 bits per heavy atom. The van der Waals surface area contributed by atoms with Crippen molar-refractivity contribution in [2.45, 2.75) is 65.9 Å². The number of hydrogen-bond acceptors (Lipinski definition) is 5. The monoisotopic (exact) mass is 341 g/mol. The molecule has 0 spiro atoms. The van der Waals surface area contributed by atoms with Crippen molar-refractivity contribution in [2.75, 3.05) is 19.7 Å². The molecule has 0 N–H and O–H groups in total. The van der Waals surface area contributed by atoms with Crippen LogP contribution in [0.2, 0.25) is 0 Å². The van der Waals surface area contributed by atoms with E-state index in [1.165, 1.54) is 0 Å². The summed E-state index contributed by atoms with van der Waals surface area (Å²) in [6.45, 7) is 10.8. The van der Waals surface area contributed by atoms with Crippen LogP contribution in [0.15, 0.2) is 0 Å². The van der Waals surface area contributed by atoms with Gasteiger partial charge < -0.3 is 14.4 Å². The molecular weight excluding hydrogens is 310 g/mol. The van der Waals surface area contributed by atoms with Gasteiger partial charge in [0.1, 0.15) is 17.8 Å². The highest BCUT2D eigenvalue weighted by Crippen LogP contribution is 2.26. The summed E-state index contributed by atoms with van der Waals surface area (Å²) in [6.07, 6.45) is 2.05. The molecule has 1 amide bonds. The van der Waals surface area contributed by atoms with Crippen LogP contribution in [0.3, 0.4) is 0 Å². The largest absolute Gasteiger partial charge is 0.466 e. The van der Waals surface area contributed by atoms with Crippen LogP contribution in [0.25, 0.3) is 0 Å². The van der Waals surface area contributed by atoms with Gasteiger partial charge in [-0.25, -0.2) is 4.79 Å². The first kappa shape index (κ1) is 20.5. The van der Waals surface area contributed by atoms with E-state index in [9.17, 15) is 14.4 Å². The zero-order valence-corrected chi connectivity index (χ0v) is 15.6. The van der Waals surface area contributed by atoms with E-state index in [1.54, 1.807) is 11.8 Å². The summed E-state index contributed by atoms with van der Waals surface area (Å²) in [5.74, 6) is -0.283. The van der Waals surface area contributed by atoms with Crippen molar-refractivity contribution in [1.82, 2.24) is 4.90 Å². The molecule has 1 rings (SSSR count). The summed E-state index contributed by atoms with van der Waals surface area (Å²) in [6, 6.07) is 0. The molecule has 1 aliphatic heterocycles. The van der Waals surface area contributed by atoms with E-state index in [1.807, 2.05) is 27.7 Å². The maximum atomic E-state index is 12.0. The summed E-state index contributed by atoms with van der Waals surface area (Å²) < 4.78 is 10.2. The number of ketones is 1. The molecular formula is C18H31NO5. The zero-order chi connectivity index (χ0) is 18.3. The van der Waals surface area contributed by atoms with Crippen LogP contribution < -0.4 is 0 Å². The molecule has 1 heterocycles. The average molecular weight is 341 g/mol. The van der Waals surface area contributed by atoms with Crippen LogP contribution >= 0.6 is 0 Å². The van der Waals surface area contributed by atoms with Crippen molar-refractivity contribution in [3.63, 3.8) is 0 Å². The maximum Gasteiger partial charge on any atom is 0.410 e. The van der Waals surface area contributed by atoms with Gasteiger partial charge in [-0.05, 0) is 52.9 Å². The lowest BCUT2D eigenvalue weighted by atomic mass is 9.85. The van der Waals surface area contributed by atoms with Crippen LogP contribution in [0.4, 0.5) is 4.79 Å². The number of nitrogens with zero attached hydrogens (tertiary/aromatic N) is 1. The van der Waals surface area contributed by atoms with Crippen LogP contribution in [0.1, 0.15) is 60.3 Å². The summed E-state index contributed by atoms with van der Waals surface area (Å²) in [7, 11) is 0. The first-order valence-electron chi connectivity index (χ1n) is 8.78. The minimum absolute atomic E-state index is 0.0666. The number of carbonyl (C=O) groups is 3. The van der Waals surface area contributed by atoms with Crippen molar-refractivity contribution in [3.05, 3.63) is 0 Å². The SMILES string of the molecule is CCOC(=O)CC(=O)C(C)CC1CCN(C(=O)OC(C)(C)C)CC1. The molecule has 0 aromatic carbocycles. The van der Waals surface area contributed by atoms with Crippen LogP contribution in [-0.4, -0.2) is 48.0 Å². The summed E-state index contributed by atoms with van der Waals surface area (Å²) in [5.41, 5.74) is -0.484. The number of piperidine rings is 1. The predicted molar refractivity (Wildman–Crippen MR) is 90.6 cm³/mol. The van der Waals surface area contributed by atoms with Gasteiger partial charge in [-0.1, -0.05) is 6.92 Å². The van der Waals surface area contributed by atoms with Gasteiger partial charge in [0.05, 0.1) is 6.61 Å². The number of carbonyl (C=O) groups excluding carboxylic acids is 3. The number of Topliss-reactive ketones (excluding diaryl/α,β-unsaturated/α-hetero) is 1. The molecule has 1 saturated heterocycles. The number of rotatable bonds is 6. The molecule has 0 aromatic rings. The molecule has 24 heavy (non-hydrogen) atoms. The lowest BCUT2D eigenvalue weighted by Crippen LogP contribution is -2.42. The van der Waals surface area contributed by atoms with Gasteiger partial charge in [0.2, 0.25) is 0 Å². The number of esters is 1. The molecule has 1 aliphatic rings. The van der Waals surface area contributed by atoms with Gasteiger partial charge in [0.25, 0.3) is 0 Å². The number of hydrogen-bond donors (Lipinski definition) is 0. The molecule has 6 heteroatoms. The van der Waals surface area contributed by atoms with Crippen molar-refractivity contribution < 1.29 is 23.9 Å². The topological polar surface area (TPSA) is 72.9 Å². The third-order valence-corrected chi connectivity index (χ3v) is 4.13. The fourth-order valence-corrected chi connectivity index (χ4v) is 2.84. The summed E-state index contributed by atoms with van der Waals surface area (Å²) in [4.78, 5) is 37.2. The van der Waals surface area contributed by atoms with E-state index in [-0.39, 0.29) is 24.2 Å². The van der Waals surface area contributed by atoms with E-state index in [0.29, 0.717) is 25.6 Å². The van der Waals surface area contributed by atoms with Crippen LogP contribution in [0.5, 0.6) is 0 Å². The Hall–Kier alpha value is -1.59. The molecule has 0 aromatic heterocycles. The van der Waals surface area contributed by atoms with Crippen molar-refractivity contribution >= 4 is 17.8 Å². The van der Waals surface area contributed by atoms with Gasteiger partial charge >= 0.3 is 12.1 Å². The predicted octanol–water partition coefficient (Wildman–Crippen LogP) is 3.18. The molecule has 0 aliphatic carbocycles. The molecule has 1 fully saturated rings. The van der Waals surface area contributed by atoms with Gasteiger partial charge in [0.15, 0.2) is 0 Å². The Bertz CT molecular complexity index is 447. The smallest absolute Gasteiger partial charge is 0.410 e. The third kappa shape index (κ3) is 7.32. The van der Waals surface area contributed by atoms with E-state index in [4.69, 9.17) is 9.47 Å². The zero-order valence-electron chi connectivity index (χ0n) is 15.6. The molecule has 0 bridgehead atoms. The second-order valence-corrected chi connectivity index (χ2v) is 7.50. The van der Waals surface area contributed by atoms with Crippen molar-refractivity contribution in [2.24, 2.45) is 11.8 Å². The second-order valence-electron chi connectivity index (χ2n) is 7.50. The Labute approximate surface area is 144 Å². The fourth-order valence-electron chi connectivity index (χ4n) is 2.84. The Balaban J connectivity index is 2.36. The fraction of sp³-hybridized carbons (Fsp3) is 0.833. The highest BCUT2D eigenvalue weighted by atomic mass is 16.6. The quantitative estimate of drug-likeness (QED) is 0.548. The highest BCUT2D eigenvalue weighted by molar-refractivity contribution is 5.96. The summed E-state index contributed by atoms with van der Waals surface area (Å²) >= 11 is 0. The number of ether oxygens (including phenoxy) is 2. The summed E-state index contributed by atoms with van der Waals surface area (Å²) in [5, 5.41) is 0. The minimum atomic E-state index is -0.484. The van der Waals surface area contributed by atoms with Crippen molar-refractivity contribution in [3.8, 4) is 0 Å².